The minimum Gasteiger partial charge on any atom is -0.372 e. The highest BCUT2D eigenvalue weighted by Crippen LogP contribution is 2.25. The smallest absolute Gasteiger partial charge is 0.239 e. The molecule has 1 aliphatic rings. The van der Waals surface area contributed by atoms with Gasteiger partial charge in [0.2, 0.25) is 11.8 Å². The number of halogens is 1. The van der Waals surface area contributed by atoms with Crippen LogP contribution in [0.4, 0.5) is 17.1 Å². The fourth-order valence-electron chi connectivity index (χ4n) is 2.94. The summed E-state index contributed by atoms with van der Waals surface area (Å²) < 4.78 is 0. The molecule has 3 rings (SSSR count). The van der Waals surface area contributed by atoms with Gasteiger partial charge in [0.15, 0.2) is 0 Å². The van der Waals surface area contributed by atoms with E-state index in [9.17, 15) is 9.59 Å². The third kappa shape index (κ3) is 4.61. The average Bonchev–Trinajstić information content (AvgIpc) is 3.19. The molecule has 5 nitrogen and oxygen atoms in total. The van der Waals surface area contributed by atoms with E-state index in [0.717, 1.165) is 18.8 Å². The molecule has 0 saturated carbocycles. The van der Waals surface area contributed by atoms with E-state index in [4.69, 9.17) is 11.6 Å². The second-order valence-corrected chi connectivity index (χ2v) is 7.72. The molecule has 0 unspecified atom stereocenters. The molecular formula is C21H24ClN3O2. The van der Waals surface area contributed by atoms with Crippen molar-refractivity contribution in [1.82, 2.24) is 0 Å². The van der Waals surface area contributed by atoms with Crippen LogP contribution < -0.4 is 15.5 Å². The molecule has 142 valence electrons. The Morgan fingerprint density at radius 2 is 1.30 bits per heavy atom. The van der Waals surface area contributed by atoms with Crippen LogP contribution in [0.3, 0.4) is 0 Å². The molecule has 0 radical (unpaired) electrons. The number of hydrogen-bond acceptors (Lipinski definition) is 3. The molecule has 0 spiro atoms. The number of rotatable bonds is 5. The summed E-state index contributed by atoms with van der Waals surface area (Å²) in [7, 11) is 0. The van der Waals surface area contributed by atoms with Crippen molar-refractivity contribution in [3.05, 3.63) is 53.6 Å². The first kappa shape index (κ1) is 19.2. The van der Waals surface area contributed by atoms with Crippen molar-refractivity contribution in [2.45, 2.75) is 26.7 Å². The summed E-state index contributed by atoms with van der Waals surface area (Å²) in [5.41, 5.74) is 1.20. The van der Waals surface area contributed by atoms with E-state index in [1.54, 1.807) is 38.1 Å². The Labute approximate surface area is 164 Å². The quantitative estimate of drug-likeness (QED) is 0.742. The van der Waals surface area contributed by atoms with Gasteiger partial charge in [0.25, 0.3) is 0 Å². The lowest BCUT2D eigenvalue weighted by Crippen LogP contribution is -2.41. The van der Waals surface area contributed by atoms with E-state index in [2.05, 4.69) is 15.5 Å². The van der Waals surface area contributed by atoms with E-state index in [0.29, 0.717) is 16.4 Å². The summed E-state index contributed by atoms with van der Waals surface area (Å²) in [6.45, 7) is 5.35. The summed E-state index contributed by atoms with van der Waals surface area (Å²) in [5.74, 6) is -0.737. The summed E-state index contributed by atoms with van der Waals surface area (Å²) >= 11 is 5.85. The number of amides is 2. The number of nitrogens with one attached hydrogen (secondary N) is 2. The second kappa shape index (κ2) is 8.01. The van der Waals surface area contributed by atoms with Gasteiger partial charge < -0.3 is 15.5 Å². The highest BCUT2D eigenvalue weighted by Gasteiger charge is 2.36. The van der Waals surface area contributed by atoms with Gasteiger partial charge in [0.05, 0.1) is 0 Å². The number of benzene rings is 2. The monoisotopic (exact) mass is 385 g/mol. The SMILES string of the molecule is CC(C)(C(=O)Nc1ccc(Cl)cc1)C(=O)Nc1ccc(N2CCCC2)cc1. The van der Waals surface area contributed by atoms with Crippen molar-refractivity contribution in [1.29, 1.82) is 0 Å². The highest BCUT2D eigenvalue weighted by atomic mass is 35.5. The first-order valence-corrected chi connectivity index (χ1v) is 9.47. The van der Waals surface area contributed by atoms with Crippen LogP contribution in [0.15, 0.2) is 48.5 Å². The predicted octanol–water partition coefficient (Wildman–Crippen LogP) is 4.54. The van der Waals surface area contributed by atoms with Crippen molar-refractivity contribution in [3.63, 3.8) is 0 Å². The van der Waals surface area contributed by atoms with Crippen LogP contribution in [-0.4, -0.2) is 24.9 Å². The second-order valence-electron chi connectivity index (χ2n) is 7.28. The Bertz CT molecular complexity index is 810. The molecule has 2 aromatic carbocycles. The Balaban J connectivity index is 1.62. The van der Waals surface area contributed by atoms with Crippen molar-refractivity contribution >= 4 is 40.5 Å². The zero-order valence-electron chi connectivity index (χ0n) is 15.6. The van der Waals surface area contributed by atoms with Gasteiger partial charge in [-0.25, -0.2) is 0 Å². The molecule has 6 heteroatoms. The maximum Gasteiger partial charge on any atom is 0.239 e. The summed E-state index contributed by atoms with van der Waals surface area (Å²) in [6, 6.07) is 14.5. The molecule has 2 N–H and O–H groups in total. The highest BCUT2D eigenvalue weighted by molar-refractivity contribution is 6.30. The van der Waals surface area contributed by atoms with E-state index in [1.165, 1.54) is 12.8 Å². The van der Waals surface area contributed by atoms with Gasteiger partial charge in [0, 0.05) is 35.2 Å². The third-order valence-electron chi connectivity index (χ3n) is 4.83. The summed E-state index contributed by atoms with van der Waals surface area (Å²) in [5, 5.41) is 6.18. The molecule has 0 atom stereocenters. The van der Waals surface area contributed by atoms with Gasteiger partial charge in [0.1, 0.15) is 5.41 Å². The fraction of sp³-hybridized carbons (Fsp3) is 0.333. The van der Waals surface area contributed by atoms with Gasteiger partial charge in [-0.3, -0.25) is 9.59 Å². The largest absolute Gasteiger partial charge is 0.372 e. The Hall–Kier alpha value is -2.53. The molecular weight excluding hydrogens is 362 g/mol. The average molecular weight is 386 g/mol. The van der Waals surface area contributed by atoms with E-state index in [1.807, 2.05) is 24.3 Å². The summed E-state index contributed by atoms with van der Waals surface area (Å²) in [6.07, 6.45) is 2.44. The number of carbonyl (C=O) groups excluding carboxylic acids is 2. The van der Waals surface area contributed by atoms with E-state index in [-0.39, 0.29) is 11.8 Å². The minimum atomic E-state index is -1.23. The molecule has 1 fully saturated rings. The lowest BCUT2D eigenvalue weighted by molar-refractivity contribution is -0.135. The van der Waals surface area contributed by atoms with Crippen LogP contribution in [0.5, 0.6) is 0 Å². The van der Waals surface area contributed by atoms with Crippen molar-refractivity contribution in [2.75, 3.05) is 28.6 Å². The normalized spacial score (nSPS) is 14.1. The van der Waals surface area contributed by atoms with E-state index < -0.39 is 5.41 Å². The Morgan fingerprint density at radius 3 is 1.78 bits per heavy atom. The lowest BCUT2D eigenvalue weighted by atomic mass is 9.90. The maximum absolute atomic E-state index is 12.7. The molecule has 2 aromatic rings. The van der Waals surface area contributed by atoms with Gasteiger partial charge in [-0.1, -0.05) is 11.6 Å². The van der Waals surface area contributed by atoms with Crippen LogP contribution >= 0.6 is 11.6 Å². The standard InChI is InChI=1S/C21H24ClN3O2/c1-21(2,19(26)23-16-7-5-15(22)6-8-16)20(27)24-17-9-11-18(12-10-17)25-13-3-4-14-25/h5-12H,3-4,13-14H2,1-2H3,(H,23,26)(H,24,27). The van der Waals surface area contributed by atoms with Crippen LogP contribution in [0.1, 0.15) is 26.7 Å². The Kier molecular flexibility index (Phi) is 5.71. The molecule has 0 aromatic heterocycles. The molecule has 2 amide bonds. The number of anilines is 3. The number of hydrogen-bond donors (Lipinski definition) is 2. The van der Waals surface area contributed by atoms with Crippen molar-refractivity contribution in [2.24, 2.45) is 5.41 Å². The molecule has 27 heavy (non-hydrogen) atoms. The van der Waals surface area contributed by atoms with Crippen LogP contribution in [0, 0.1) is 5.41 Å². The maximum atomic E-state index is 12.7. The number of carbonyl (C=O) groups is 2. The van der Waals surface area contributed by atoms with Gasteiger partial charge >= 0.3 is 0 Å². The van der Waals surface area contributed by atoms with Gasteiger partial charge in [-0.15, -0.1) is 0 Å². The van der Waals surface area contributed by atoms with Gasteiger partial charge in [-0.2, -0.15) is 0 Å². The molecule has 0 aliphatic carbocycles. The third-order valence-corrected chi connectivity index (χ3v) is 5.09. The lowest BCUT2D eigenvalue weighted by Gasteiger charge is -2.23. The first-order chi connectivity index (χ1) is 12.9. The van der Waals surface area contributed by atoms with Crippen molar-refractivity contribution in [3.8, 4) is 0 Å². The number of nitrogens with zero attached hydrogens (tertiary/aromatic N) is 1. The van der Waals surface area contributed by atoms with Crippen LogP contribution in [0.2, 0.25) is 5.02 Å². The topological polar surface area (TPSA) is 61.4 Å². The fourth-order valence-corrected chi connectivity index (χ4v) is 3.07. The molecule has 1 aliphatic heterocycles. The van der Waals surface area contributed by atoms with E-state index >= 15 is 0 Å². The van der Waals surface area contributed by atoms with Crippen molar-refractivity contribution < 1.29 is 9.59 Å². The van der Waals surface area contributed by atoms with Crippen LogP contribution in [0.25, 0.3) is 0 Å². The van der Waals surface area contributed by atoms with Crippen LogP contribution in [-0.2, 0) is 9.59 Å². The summed E-state index contributed by atoms with van der Waals surface area (Å²) in [4.78, 5) is 27.6. The first-order valence-electron chi connectivity index (χ1n) is 9.10. The molecule has 0 bridgehead atoms. The van der Waals surface area contributed by atoms with Gasteiger partial charge in [-0.05, 0) is 75.2 Å². The Morgan fingerprint density at radius 1 is 0.852 bits per heavy atom. The molecule has 1 saturated heterocycles. The zero-order valence-corrected chi connectivity index (χ0v) is 16.3. The zero-order chi connectivity index (χ0) is 19.4. The predicted molar refractivity (Wildman–Crippen MR) is 110 cm³/mol. The minimum absolute atomic E-state index is 0.358. The molecule has 1 heterocycles.